The Morgan fingerprint density at radius 1 is 1.29 bits per heavy atom. The van der Waals surface area contributed by atoms with Gasteiger partial charge in [0.25, 0.3) is 0 Å². The molecule has 0 aliphatic carbocycles. The van der Waals surface area contributed by atoms with E-state index in [0.29, 0.717) is 15.9 Å². The van der Waals surface area contributed by atoms with E-state index in [9.17, 15) is 9.59 Å². The van der Waals surface area contributed by atoms with Crippen molar-refractivity contribution < 1.29 is 19.4 Å². The van der Waals surface area contributed by atoms with Crippen LogP contribution in [0.15, 0.2) is 21.1 Å². The molecule has 0 heterocycles. The minimum absolute atomic E-state index is 0.175. The first-order chi connectivity index (χ1) is 9.64. The Bertz CT molecular complexity index is 561. The van der Waals surface area contributed by atoms with Gasteiger partial charge in [-0.15, -0.1) is 0 Å². The number of aliphatic carboxylic acids is 1. The predicted octanol–water partition coefficient (Wildman–Crippen LogP) is 3.60. The van der Waals surface area contributed by atoms with Crippen molar-refractivity contribution in [3.05, 3.63) is 21.1 Å². The molecule has 0 unspecified atom stereocenters. The molecule has 0 aliphatic heterocycles. The largest absolute Gasteiger partial charge is 0.495 e. The maximum absolute atomic E-state index is 12.0. The van der Waals surface area contributed by atoms with Crippen LogP contribution in [0.25, 0.3) is 0 Å². The van der Waals surface area contributed by atoms with E-state index in [0.717, 1.165) is 4.47 Å². The summed E-state index contributed by atoms with van der Waals surface area (Å²) in [5.74, 6) is -0.412. The monoisotopic (exact) mass is 422 g/mol. The standard InChI is InChI=1S/C13H16Br2N2O4/c1-13(2,6-11(18)19)17-12(20)16-9-5-10(21-3)8(15)4-7(9)14/h4-5H,6H2,1-3H3,(H,18,19)(H2,16,17,20). The number of benzene rings is 1. The molecule has 0 fully saturated rings. The highest BCUT2D eigenvalue weighted by Gasteiger charge is 2.24. The zero-order chi connectivity index (χ0) is 16.2. The van der Waals surface area contributed by atoms with Crippen molar-refractivity contribution in [2.24, 2.45) is 0 Å². The van der Waals surface area contributed by atoms with E-state index in [4.69, 9.17) is 9.84 Å². The maximum atomic E-state index is 12.0. The van der Waals surface area contributed by atoms with Crippen LogP contribution in [0.3, 0.4) is 0 Å². The number of methoxy groups -OCH3 is 1. The van der Waals surface area contributed by atoms with Crippen LogP contribution in [-0.2, 0) is 4.79 Å². The van der Waals surface area contributed by atoms with E-state index in [1.165, 1.54) is 7.11 Å². The second-order valence-electron chi connectivity index (χ2n) is 5.00. The summed E-state index contributed by atoms with van der Waals surface area (Å²) in [7, 11) is 1.52. The summed E-state index contributed by atoms with van der Waals surface area (Å²) in [4.78, 5) is 22.7. The number of carboxylic acids is 1. The smallest absolute Gasteiger partial charge is 0.319 e. The number of carbonyl (C=O) groups is 2. The quantitative estimate of drug-likeness (QED) is 0.675. The molecule has 8 heteroatoms. The molecule has 1 aromatic rings. The molecule has 116 valence electrons. The van der Waals surface area contributed by atoms with Gasteiger partial charge in [0.2, 0.25) is 0 Å². The molecule has 0 saturated carbocycles. The number of amides is 2. The van der Waals surface area contributed by atoms with Crippen molar-refractivity contribution in [3.8, 4) is 5.75 Å². The number of nitrogens with one attached hydrogen (secondary N) is 2. The summed E-state index contributed by atoms with van der Waals surface area (Å²) >= 11 is 6.67. The predicted molar refractivity (Wildman–Crippen MR) is 86.9 cm³/mol. The number of hydrogen-bond acceptors (Lipinski definition) is 3. The van der Waals surface area contributed by atoms with Gasteiger partial charge in [0, 0.05) is 16.1 Å². The number of hydrogen-bond donors (Lipinski definition) is 3. The lowest BCUT2D eigenvalue weighted by Gasteiger charge is -2.24. The Hall–Kier alpha value is -1.28. The Kier molecular flexibility index (Phi) is 6.03. The first kappa shape index (κ1) is 17.8. The van der Waals surface area contributed by atoms with Crippen molar-refractivity contribution in [2.45, 2.75) is 25.8 Å². The normalized spacial score (nSPS) is 10.9. The van der Waals surface area contributed by atoms with Gasteiger partial charge in [-0.05, 0) is 51.8 Å². The third-order valence-corrected chi connectivity index (χ3v) is 3.81. The van der Waals surface area contributed by atoms with Gasteiger partial charge in [0.15, 0.2) is 0 Å². The molecule has 0 aliphatic rings. The molecule has 0 radical (unpaired) electrons. The van der Waals surface area contributed by atoms with Crippen LogP contribution in [0, 0.1) is 0 Å². The SMILES string of the molecule is COc1cc(NC(=O)NC(C)(C)CC(=O)O)c(Br)cc1Br. The first-order valence-corrected chi connectivity index (χ1v) is 7.57. The van der Waals surface area contributed by atoms with E-state index in [1.54, 1.807) is 26.0 Å². The lowest BCUT2D eigenvalue weighted by molar-refractivity contribution is -0.138. The van der Waals surface area contributed by atoms with Gasteiger partial charge in [-0.2, -0.15) is 0 Å². The fraction of sp³-hybridized carbons (Fsp3) is 0.385. The highest BCUT2D eigenvalue weighted by atomic mass is 79.9. The van der Waals surface area contributed by atoms with Crippen LogP contribution in [0.5, 0.6) is 5.75 Å². The number of urea groups is 1. The third kappa shape index (κ3) is 5.55. The average molecular weight is 424 g/mol. The number of anilines is 1. The Morgan fingerprint density at radius 2 is 1.90 bits per heavy atom. The van der Waals surface area contributed by atoms with Gasteiger partial charge in [-0.1, -0.05) is 0 Å². The molecule has 1 rings (SSSR count). The molecule has 0 atom stereocenters. The molecule has 21 heavy (non-hydrogen) atoms. The fourth-order valence-corrected chi connectivity index (χ4v) is 2.92. The second-order valence-corrected chi connectivity index (χ2v) is 6.71. The molecule has 0 bridgehead atoms. The number of rotatable bonds is 5. The van der Waals surface area contributed by atoms with Gasteiger partial charge in [-0.3, -0.25) is 4.79 Å². The summed E-state index contributed by atoms with van der Waals surface area (Å²) in [6, 6.07) is 2.90. The van der Waals surface area contributed by atoms with E-state index in [2.05, 4.69) is 42.5 Å². The lowest BCUT2D eigenvalue weighted by Crippen LogP contribution is -2.46. The molecule has 6 nitrogen and oxygen atoms in total. The first-order valence-electron chi connectivity index (χ1n) is 5.98. The van der Waals surface area contributed by atoms with Crippen LogP contribution in [0.4, 0.5) is 10.5 Å². The average Bonchev–Trinajstić information content (AvgIpc) is 2.29. The molecule has 0 aromatic heterocycles. The summed E-state index contributed by atoms with van der Waals surface area (Å²) in [6.45, 7) is 3.27. The minimum Gasteiger partial charge on any atom is -0.495 e. The summed E-state index contributed by atoms with van der Waals surface area (Å²) in [5, 5.41) is 14.1. The Labute approximate surface area is 139 Å². The lowest BCUT2D eigenvalue weighted by atomic mass is 10.0. The maximum Gasteiger partial charge on any atom is 0.319 e. The molecular weight excluding hydrogens is 408 g/mol. The van der Waals surface area contributed by atoms with Crippen molar-refractivity contribution >= 4 is 49.5 Å². The second kappa shape index (κ2) is 7.13. The Balaban J connectivity index is 2.82. The number of carbonyl (C=O) groups excluding carboxylic acids is 1. The molecule has 3 N–H and O–H groups in total. The van der Waals surface area contributed by atoms with E-state index < -0.39 is 17.5 Å². The fourth-order valence-electron chi connectivity index (χ4n) is 1.66. The van der Waals surface area contributed by atoms with Crippen LogP contribution >= 0.6 is 31.9 Å². The molecular formula is C13H16Br2N2O4. The summed E-state index contributed by atoms with van der Waals surface area (Å²) in [5.41, 5.74) is -0.347. The molecule has 1 aromatic carbocycles. The molecule has 0 saturated heterocycles. The summed E-state index contributed by atoms with van der Waals surface area (Å²) in [6.07, 6.45) is -0.175. The highest BCUT2D eigenvalue weighted by Crippen LogP contribution is 2.34. The zero-order valence-electron chi connectivity index (χ0n) is 11.8. The van der Waals surface area contributed by atoms with Gasteiger partial charge in [0.1, 0.15) is 5.75 Å². The highest BCUT2D eigenvalue weighted by molar-refractivity contribution is 9.11. The van der Waals surface area contributed by atoms with Crippen LogP contribution in [0.2, 0.25) is 0 Å². The summed E-state index contributed by atoms with van der Waals surface area (Å²) < 4.78 is 6.57. The van der Waals surface area contributed by atoms with Crippen molar-refractivity contribution in [3.63, 3.8) is 0 Å². The Morgan fingerprint density at radius 3 is 2.43 bits per heavy atom. The van der Waals surface area contributed by atoms with E-state index in [1.807, 2.05) is 0 Å². The van der Waals surface area contributed by atoms with Crippen molar-refractivity contribution in [1.29, 1.82) is 0 Å². The van der Waals surface area contributed by atoms with E-state index in [-0.39, 0.29) is 6.42 Å². The van der Waals surface area contributed by atoms with Crippen molar-refractivity contribution in [2.75, 3.05) is 12.4 Å². The van der Waals surface area contributed by atoms with E-state index >= 15 is 0 Å². The van der Waals surface area contributed by atoms with Crippen molar-refractivity contribution in [1.82, 2.24) is 5.32 Å². The molecule has 0 spiro atoms. The van der Waals surface area contributed by atoms with Crippen LogP contribution in [-0.4, -0.2) is 29.8 Å². The van der Waals surface area contributed by atoms with Crippen LogP contribution in [0.1, 0.15) is 20.3 Å². The van der Waals surface area contributed by atoms with Gasteiger partial charge in [0.05, 0.1) is 23.7 Å². The number of ether oxygens (including phenoxy) is 1. The van der Waals surface area contributed by atoms with Gasteiger partial charge < -0.3 is 20.5 Å². The van der Waals surface area contributed by atoms with Gasteiger partial charge >= 0.3 is 12.0 Å². The topological polar surface area (TPSA) is 87.7 Å². The van der Waals surface area contributed by atoms with Gasteiger partial charge in [-0.25, -0.2) is 4.79 Å². The van der Waals surface area contributed by atoms with Crippen LogP contribution < -0.4 is 15.4 Å². The number of halogens is 2. The molecule has 2 amide bonds. The third-order valence-electron chi connectivity index (χ3n) is 2.53. The number of carboxylic acid groups (broad SMARTS) is 1. The zero-order valence-corrected chi connectivity index (χ0v) is 15.0. The minimum atomic E-state index is -0.980.